The fraction of sp³-hybridized carbons (Fsp3) is 0.714. The monoisotopic (exact) mass is 141 g/mol. The summed E-state index contributed by atoms with van der Waals surface area (Å²) in [4.78, 5) is 1.74. The highest BCUT2D eigenvalue weighted by Crippen LogP contribution is 2.01. The van der Waals surface area contributed by atoms with Crippen molar-refractivity contribution in [3.05, 3.63) is 0 Å². The number of terminal acetylenes is 1. The minimum Gasteiger partial charge on any atom is -0.301 e. The van der Waals surface area contributed by atoms with E-state index in [1.54, 1.807) is 4.90 Å². The maximum absolute atomic E-state index is 5.65. The van der Waals surface area contributed by atoms with Gasteiger partial charge in [0.1, 0.15) is 5.79 Å². The van der Waals surface area contributed by atoms with Gasteiger partial charge in [-0.05, 0) is 13.5 Å². The van der Waals surface area contributed by atoms with E-state index in [4.69, 9.17) is 17.9 Å². The Bertz CT molecular complexity index is 134. The summed E-state index contributed by atoms with van der Waals surface area (Å²) in [5.41, 5.74) is 11.3. The van der Waals surface area contributed by atoms with E-state index in [-0.39, 0.29) is 0 Å². The molecule has 0 saturated carbocycles. The second-order valence-corrected chi connectivity index (χ2v) is 2.40. The fourth-order valence-corrected chi connectivity index (χ4v) is 0.554. The Morgan fingerprint density at radius 3 is 2.40 bits per heavy atom. The van der Waals surface area contributed by atoms with Crippen LogP contribution in [-0.4, -0.2) is 24.3 Å². The largest absolute Gasteiger partial charge is 0.301 e. The lowest BCUT2D eigenvalue weighted by Gasteiger charge is -2.32. The lowest BCUT2D eigenvalue weighted by molar-refractivity contribution is 0.144. The number of hydrogen-bond acceptors (Lipinski definition) is 3. The molecule has 0 aromatic carbocycles. The van der Waals surface area contributed by atoms with Gasteiger partial charge in [0, 0.05) is 0 Å². The van der Waals surface area contributed by atoms with Gasteiger partial charge in [-0.25, -0.2) is 0 Å². The molecule has 0 aromatic rings. The van der Waals surface area contributed by atoms with E-state index >= 15 is 0 Å². The average Bonchev–Trinajstić information content (AvgIpc) is 1.89. The van der Waals surface area contributed by atoms with Gasteiger partial charge in [-0.2, -0.15) is 0 Å². The molecule has 0 amide bonds. The molecule has 3 heteroatoms. The van der Waals surface area contributed by atoms with Gasteiger partial charge in [0.2, 0.25) is 0 Å². The summed E-state index contributed by atoms with van der Waals surface area (Å²) in [5.74, 6) is 1.72. The molecule has 0 rings (SSSR count). The quantitative estimate of drug-likeness (QED) is 0.413. The Morgan fingerprint density at radius 1 is 1.60 bits per heavy atom. The normalized spacial score (nSPS) is 11.6. The zero-order valence-electron chi connectivity index (χ0n) is 6.59. The number of rotatable bonds is 3. The molecule has 0 bridgehead atoms. The van der Waals surface area contributed by atoms with Gasteiger partial charge in [-0.1, -0.05) is 12.8 Å². The Balaban J connectivity index is 3.93. The molecular weight excluding hydrogens is 126 g/mol. The number of nitrogens with two attached hydrogens (primary N) is 2. The maximum atomic E-state index is 5.65. The highest BCUT2D eigenvalue weighted by atomic mass is 15.3. The van der Waals surface area contributed by atoms with Gasteiger partial charge in [-0.15, -0.1) is 6.42 Å². The zero-order chi connectivity index (χ0) is 8.20. The van der Waals surface area contributed by atoms with Crippen molar-refractivity contribution in [3.8, 4) is 12.3 Å². The second kappa shape index (κ2) is 3.57. The van der Waals surface area contributed by atoms with Crippen molar-refractivity contribution >= 4 is 0 Å². The van der Waals surface area contributed by atoms with Gasteiger partial charge in [0.15, 0.2) is 0 Å². The molecular formula is C7H15N3. The number of hydrogen-bond donors (Lipinski definition) is 2. The molecule has 0 saturated heterocycles. The maximum Gasteiger partial charge on any atom is 0.121 e. The molecule has 3 nitrogen and oxygen atoms in total. The Hall–Kier alpha value is -0.560. The van der Waals surface area contributed by atoms with Crippen molar-refractivity contribution in [1.82, 2.24) is 4.90 Å². The molecule has 4 N–H and O–H groups in total. The van der Waals surface area contributed by atoms with Gasteiger partial charge in [0.25, 0.3) is 0 Å². The molecule has 0 aliphatic heterocycles. The SMILES string of the molecule is C#CCN(C)C(N)(N)CC. The smallest absolute Gasteiger partial charge is 0.121 e. The predicted molar refractivity (Wildman–Crippen MR) is 42.9 cm³/mol. The third-order valence-electron chi connectivity index (χ3n) is 1.61. The van der Waals surface area contributed by atoms with Crippen LogP contribution in [0.1, 0.15) is 13.3 Å². The van der Waals surface area contributed by atoms with Crippen molar-refractivity contribution in [3.63, 3.8) is 0 Å². The first-order chi connectivity index (χ1) is 4.54. The van der Waals surface area contributed by atoms with Crippen molar-refractivity contribution in [2.75, 3.05) is 13.6 Å². The lowest BCUT2D eigenvalue weighted by Crippen LogP contribution is -2.61. The molecule has 0 heterocycles. The van der Waals surface area contributed by atoms with Crippen molar-refractivity contribution in [2.24, 2.45) is 11.5 Å². The Labute approximate surface area is 62.4 Å². The molecule has 10 heavy (non-hydrogen) atoms. The van der Waals surface area contributed by atoms with Crippen LogP contribution >= 0.6 is 0 Å². The molecule has 0 spiro atoms. The molecule has 0 unspecified atom stereocenters. The highest BCUT2D eigenvalue weighted by molar-refractivity contribution is 4.90. The van der Waals surface area contributed by atoms with E-state index in [0.717, 1.165) is 0 Å². The molecule has 0 fully saturated rings. The van der Waals surface area contributed by atoms with Crippen molar-refractivity contribution < 1.29 is 0 Å². The molecule has 0 atom stereocenters. The topological polar surface area (TPSA) is 55.3 Å². The molecule has 58 valence electrons. The van der Waals surface area contributed by atoms with Crippen LogP contribution in [0.2, 0.25) is 0 Å². The van der Waals surface area contributed by atoms with Crippen LogP contribution in [0.15, 0.2) is 0 Å². The lowest BCUT2D eigenvalue weighted by atomic mass is 10.2. The first kappa shape index (κ1) is 9.44. The highest BCUT2D eigenvalue weighted by Gasteiger charge is 2.20. The van der Waals surface area contributed by atoms with Crippen molar-refractivity contribution in [2.45, 2.75) is 19.1 Å². The standard InChI is InChI=1S/C7H15N3/c1-4-6-10(3)7(8,9)5-2/h1H,5-6,8-9H2,2-3H3. The second-order valence-electron chi connectivity index (χ2n) is 2.40. The predicted octanol–water partition coefficient (Wildman–Crippen LogP) is -0.467. The van der Waals surface area contributed by atoms with Crippen LogP contribution in [0.4, 0.5) is 0 Å². The summed E-state index contributed by atoms with van der Waals surface area (Å²) < 4.78 is 0. The van der Waals surface area contributed by atoms with Crippen molar-refractivity contribution in [1.29, 1.82) is 0 Å². The van der Waals surface area contributed by atoms with Gasteiger partial charge in [0.05, 0.1) is 6.54 Å². The van der Waals surface area contributed by atoms with Crippen LogP contribution < -0.4 is 11.5 Å². The van der Waals surface area contributed by atoms with Crippen LogP contribution in [0.3, 0.4) is 0 Å². The average molecular weight is 141 g/mol. The van der Waals surface area contributed by atoms with Crippen LogP contribution in [0, 0.1) is 12.3 Å². The summed E-state index contributed by atoms with van der Waals surface area (Å²) in [6.45, 7) is 2.41. The van der Waals surface area contributed by atoms with Gasteiger partial charge >= 0.3 is 0 Å². The van der Waals surface area contributed by atoms with E-state index < -0.39 is 5.79 Å². The molecule has 0 aromatic heterocycles. The summed E-state index contributed by atoms with van der Waals surface area (Å²) in [6, 6.07) is 0. The van der Waals surface area contributed by atoms with E-state index in [2.05, 4.69) is 5.92 Å². The van der Waals surface area contributed by atoms with Crippen LogP contribution in [-0.2, 0) is 0 Å². The van der Waals surface area contributed by atoms with E-state index in [1.807, 2.05) is 14.0 Å². The summed E-state index contributed by atoms with van der Waals surface area (Å²) in [5, 5.41) is 0. The molecule has 0 aliphatic carbocycles. The van der Waals surface area contributed by atoms with E-state index in [0.29, 0.717) is 13.0 Å². The van der Waals surface area contributed by atoms with Gasteiger partial charge < -0.3 is 11.5 Å². The Morgan fingerprint density at radius 2 is 2.10 bits per heavy atom. The third kappa shape index (κ3) is 2.36. The van der Waals surface area contributed by atoms with Gasteiger partial charge in [-0.3, -0.25) is 4.90 Å². The zero-order valence-corrected chi connectivity index (χ0v) is 6.59. The summed E-state index contributed by atoms with van der Waals surface area (Å²) in [6.07, 6.45) is 5.76. The first-order valence-electron chi connectivity index (χ1n) is 3.27. The minimum absolute atomic E-state index is 0.487. The summed E-state index contributed by atoms with van der Waals surface area (Å²) >= 11 is 0. The van der Waals surface area contributed by atoms with Crippen LogP contribution in [0.5, 0.6) is 0 Å². The molecule has 0 radical (unpaired) electrons. The van der Waals surface area contributed by atoms with Crippen LogP contribution in [0.25, 0.3) is 0 Å². The third-order valence-corrected chi connectivity index (χ3v) is 1.61. The van der Waals surface area contributed by atoms with E-state index in [9.17, 15) is 0 Å². The first-order valence-corrected chi connectivity index (χ1v) is 3.27. The van der Waals surface area contributed by atoms with E-state index in [1.165, 1.54) is 0 Å². The fourth-order valence-electron chi connectivity index (χ4n) is 0.554. The Kier molecular flexibility index (Phi) is 3.37. The molecule has 0 aliphatic rings. The minimum atomic E-state index is -0.758. The number of nitrogens with zero attached hydrogens (tertiary/aromatic N) is 1. The summed E-state index contributed by atoms with van der Waals surface area (Å²) in [7, 11) is 1.81.